The Bertz CT molecular complexity index is 280. The Labute approximate surface area is 92.7 Å². The smallest absolute Gasteiger partial charge is 0.121 e. The molecule has 1 atom stereocenters. The van der Waals surface area contributed by atoms with E-state index in [0.717, 1.165) is 16.5 Å². The minimum atomic E-state index is -0.0712. The molecular formula is C9H13BrClNO. The summed E-state index contributed by atoms with van der Waals surface area (Å²) < 4.78 is 0.868. The SMILES string of the molecule is CC[C@H](N)c1ccc(Br)cc1O.Cl. The first-order valence-corrected chi connectivity index (χ1v) is 4.68. The number of nitrogens with two attached hydrogens (primary N) is 1. The Kier molecular flexibility index (Phi) is 5.37. The predicted molar refractivity (Wildman–Crippen MR) is 60.3 cm³/mol. The lowest BCUT2D eigenvalue weighted by atomic mass is 10.0. The van der Waals surface area contributed by atoms with Gasteiger partial charge >= 0.3 is 0 Å². The van der Waals surface area contributed by atoms with Crippen LogP contribution < -0.4 is 5.73 Å². The molecule has 0 heterocycles. The molecular weight excluding hydrogens is 253 g/mol. The molecule has 1 rings (SSSR count). The van der Waals surface area contributed by atoms with Crippen LogP contribution in [0.5, 0.6) is 5.75 Å². The van der Waals surface area contributed by atoms with E-state index in [1.54, 1.807) is 6.07 Å². The molecule has 0 bridgehead atoms. The Balaban J connectivity index is 0.00000144. The van der Waals surface area contributed by atoms with Gasteiger partial charge in [0.25, 0.3) is 0 Å². The Morgan fingerprint density at radius 3 is 2.62 bits per heavy atom. The fourth-order valence-corrected chi connectivity index (χ4v) is 1.40. The van der Waals surface area contributed by atoms with Gasteiger partial charge in [0.15, 0.2) is 0 Å². The molecule has 0 spiro atoms. The molecule has 3 N–H and O–H groups in total. The van der Waals surface area contributed by atoms with E-state index in [9.17, 15) is 5.11 Å². The lowest BCUT2D eigenvalue weighted by Gasteiger charge is -2.10. The molecule has 1 aromatic carbocycles. The summed E-state index contributed by atoms with van der Waals surface area (Å²) in [5.74, 6) is 0.263. The van der Waals surface area contributed by atoms with Crippen molar-refractivity contribution in [3.63, 3.8) is 0 Å². The minimum Gasteiger partial charge on any atom is -0.508 e. The summed E-state index contributed by atoms with van der Waals surface area (Å²) in [7, 11) is 0. The van der Waals surface area contributed by atoms with E-state index in [-0.39, 0.29) is 24.2 Å². The van der Waals surface area contributed by atoms with E-state index in [1.165, 1.54) is 0 Å². The van der Waals surface area contributed by atoms with Crippen molar-refractivity contribution in [1.29, 1.82) is 0 Å². The van der Waals surface area contributed by atoms with E-state index >= 15 is 0 Å². The summed E-state index contributed by atoms with van der Waals surface area (Å²) in [6.07, 6.45) is 0.829. The second kappa shape index (κ2) is 5.47. The first kappa shape index (κ1) is 12.8. The van der Waals surface area contributed by atoms with Gasteiger partial charge in [-0.3, -0.25) is 0 Å². The van der Waals surface area contributed by atoms with Gasteiger partial charge in [0, 0.05) is 16.1 Å². The van der Waals surface area contributed by atoms with Crippen molar-refractivity contribution in [2.24, 2.45) is 5.73 Å². The molecule has 2 nitrogen and oxygen atoms in total. The topological polar surface area (TPSA) is 46.2 Å². The molecule has 4 heteroatoms. The molecule has 0 saturated heterocycles. The maximum absolute atomic E-state index is 9.48. The fraction of sp³-hybridized carbons (Fsp3) is 0.333. The highest BCUT2D eigenvalue weighted by molar-refractivity contribution is 9.10. The molecule has 0 aromatic heterocycles. The van der Waals surface area contributed by atoms with Crippen LogP contribution >= 0.6 is 28.3 Å². The van der Waals surface area contributed by atoms with Crippen LogP contribution in [0.3, 0.4) is 0 Å². The Morgan fingerprint density at radius 2 is 2.15 bits per heavy atom. The predicted octanol–water partition coefficient (Wildman–Crippen LogP) is 2.99. The van der Waals surface area contributed by atoms with Crippen LogP contribution in [0.25, 0.3) is 0 Å². The molecule has 0 aliphatic rings. The van der Waals surface area contributed by atoms with Crippen LogP contribution in [0.2, 0.25) is 0 Å². The van der Waals surface area contributed by atoms with Crippen molar-refractivity contribution in [3.05, 3.63) is 28.2 Å². The van der Waals surface area contributed by atoms with Crippen molar-refractivity contribution < 1.29 is 5.11 Å². The zero-order valence-electron chi connectivity index (χ0n) is 7.33. The maximum atomic E-state index is 9.48. The highest BCUT2D eigenvalue weighted by atomic mass is 79.9. The van der Waals surface area contributed by atoms with Gasteiger partial charge < -0.3 is 10.8 Å². The van der Waals surface area contributed by atoms with Crippen molar-refractivity contribution in [3.8, 4) is 5.75 Å². The summed E-state index contributed by atoms with van der Waals surface area (Å²) in [5, 5.41) is 9.48. The highest BCUT2D eigenvalue weighted by Gasteiger charge is 2.08. The van der Waals surface area contributed by atoms with E-state index in [0.29, 0.717) is 0 Å². The molecule has 0 saturated carbocycles. The van der Waals surface area contributed by atoms with Gasteiger partial charge in [-0.05, 0) is 18.6 Å². The average Bonchev–Trinajstić information content (AvgIpc) is 2.03. The van der Waals surface area contributed by atoms with Gasteiger partial charge in [0.2, 0.25) is 0 Å². The highest BCUT2D eigenvalue weighted by Crippen LogP contribution is 2.27. The first-order valence-electron chi connectivity index (χ1n) is 3.89. The number of phenolic OH excluding ortho intramolecular Hbond substituents is 1. The molecule has 0 fully saturated rings. The summed E-state index contributed by atoms with van der Waals surface area (Å²) in [5.41, 5.74) is 6.58. The lowest BCUT2D eigenvalue weighted by Crippen LogP contribution is -2.08. The summed E-state index contributed by atoms with van der Waals surface area (Å²) in [4.78, 5) is 0. The largest absolute Gasteiger partial charge is 0.508 e. The average molecular weight is 267 g/mol. The molecule has 1 aromatic rings. The van der Waals surface area contributed by atoms with Crippen LogP contribution in [0.15, 0.2) is 22.7 Å². The number of hydrogen-bond acceptors (Lipinski definition) is 2. The summed E-state index contributed by atoms with van der Waals surface area (Å²) >= 11 is 3.27. The lowest BCUT2D eigenvalue weighted by molar-refractivity contribution is 0.460. The molecule has 0 radical (unpaired) electrons. The quantitative estimate of drug-likeness (QED) is 0.864. The third-order valence-corrected chi connectivity index (χ3v) is 2.33. The number of halogens is 2. The molecule has 0 unspecified atom stereocenters. The Hall–Kier alpha value is -0.250. The monoisotopic (exact) mass is 265 g/mol. The van der Waals surface area contributed by atoms with Crippen molar-refractivity contribution >= 4 is 28.3 Å². The third-order valence-electron chi connectivity index (χ3n) is 1.83. The van der Waals surface area contributed by atoms with Crippen LogP contribution in [-0.2, 0) is 0 Å². The number of rotatable bonds is 2. The van der Waals surface area contributed by atoms with E-state index in [2.05, 4.69) is 15.9 Å². The van der Waals surface area contributed by atoms with E-state index < -0.39 is 0 Å². The number of benzene rings is 1. The molecule has 0 aliphatic heterocycles. The number of hydrogen-bond donors (Lipinski definition) is 2. The van der Waals surface area contributed by atoms with Gasteiger partial charge in [-0.25, -0.2) is 0 Å². The molecule has 13 heavy (non-hydrogen) atoms. The zero-order valence-corrected chi connectivity index (χ0v) is 9.73. The molecule has 0 aliphatic carbocycles. The fourth-order valence-electron chi connectivity index (χ4n) is 1.05. The van der Waals surface area contributed by atoms with Crippen LogP contribution in [0, 0.1) is 0 Å². The standard InChI is InChI=1S/C9H12BrNO.ClH/c1-2-8(11)7-4-3-6(10)5-9(7)12;/h3-5,8,12H,2,11H2,1H3;1H/t8-;/m0./s1. The normalized spacial score (nSPS) is 11.9. The van der Waals surface area contributed by atoms with Gasteiger partial charge in [-0.1, -0.05) is 28.9 Å². The second-order valence-electron chi connectivity index (χ2n) is 2.72. The minimum absolute atomic E-state index is 0. The van der Waals surface area contributed by atoms with Gasteiger partial charge in [0.05, 0.1) is 0 Å². The van der Waals surface area contributed by atoms with Gasteiger partial charge in [-0.2, -0.15) is 0 Å². The summed E-state index contributed by atoms with van der Waals surface area (Å²) in [6.45, 7) is 1.99. The van der Waals surface area contributed by atoms with Crippen molar-refractivity contribution in [1.82, 2.24) is 0 Å². The van der Waals surface area contributed by atoms with E-state index in [4.69, 9.17) is 5.73 Å². The first-order chi connectivity index (χ1) is 5.65. The second-order valence-corrected chi connectivity index (χ2v) is 3.63. The maximum Gasteiger partial charge on any atom is 0.121 e. The molecule has 0 amide bonds. The molecule has 74 valence electrons. The van der Waals surface area contributed by atoms with E-state index in [1.807, 2.05) is 19.1 Å². The summed E-state index contributed by atoms with van der Waals surface area (Å²) in [6, 6.07) is 5.31. The van der Waals surface area contributed by atoms with Crippen LogP contribution in [0.1, 0.15) is 24.9 Å². The zero-order chi connectivity index (χ0) is 9.14. The number of phenols is 1. The van der Waals surface area contributed by atoms with Crippen molar-refractivity contribution in [2.45, 2.75) is 19.4 Å². The third kappa shape index (κ3) is 3.18. The van der Waals surface area contributed by atoms with Gasteiger partial charge in [-0.15, -0.1) is 12.4 Å². The van der Waals surface area contributed by atoms with Gasteiger partial charge in [0.1, 0.15) is 5.75 Å². The number of aromatic hydroxyl groups is 1. The van der Waals surface area contributed by atoms with Crippen molar-refractivity contribution in [2.75, 3.05) is 0 Å². The Morgan fingerprint density at radius 1 is 1.54 bits per heavy atom. The van der Waals surface area contributed by atoms with Crippen LogP contribution in [-0.4, -0.2) is 5.11 Å². The van der Waals surface area contributed by atoms with Crippen LogP contribution in [0.4, 0.5) is 0 Å².